The summed E-state index contributed by atoms with van der Waals surface area (Å²) in [7, 11) is 5.75. The molecule has 0 saturated heterocycles. The second-order valence-corrected chi connectivity index (χ2v) is 5.05. The Morgan fingerprint density at radius 3 is 2.39 bits per heavy atom. The molecule has 0 atom stereocenters. The second kappa shape index (κ2) is 11.8. The molecule has 0 aromatic rings. The van der Waals surface area contributed by atoms with Crippen LogP contribution in [0.5, 0.6) is 0 Å². The largest absolute Gasteiger partial charge is 0.383 e. The van der Waals surface area contributed by atoms with Crippen LogP contribution in [0.4, 0.5) is 0 Å². The molecule has 0 aromatic heterocycles. The molecule has 0 aliphatic rings. The van der Waals surface area contributed by atoms with Crippen molar-refractivity contribution in [2.75, 3.05) is 53.3 Å². The Bertz CT molecular complexity index is 213. The lowest BCUT2D eigenvalue weighted by Gasteiger charge is -2.23. The standard InChI is InChI=1S/C13H27ClN2O2/c1-15(2)9-6-10-16(11-12-18-3)13(17)7-4-5-8-14/h4-12H2,1-3H3. The molecule has 0 N–H and O–H groups in total. The SMILES string of the molecule is COCCN(CCCN(C)C)C(=O)CCCCCl. The zero-order chi connectivity index (χ0) is 13.8. The van der Waals surface area contributed by atoms with Gasteiger partial charge in [0, 0.05) is 32.5 Å². The van der Waals surface area contributed by atoms with Gasteiger partial charge in [0.15, 0.2) is 0 Å². The first kappa shape index (κ1) is 17.7. The predicted molar refractivity (Wildman–Crippen MR) is 76.2 cm³/mol. The van der Waals surface area contributed by atoms with Crippen molar-refractivity contribution >= 4 is 17.5 Å². The van der Waals surface area contributed by atoms with Gasteiger partial charge in [-0.3, -0.25) is 4.79 Å². The topological polar surface area (TPSA) is 32.8 Å². The average Bonchev–Trinajstić information content (AvgIpc) is 2.33. The number of carbonyl (C=O) groups excluding carboxylic acids is 1. The quantitative estimate of drug-likeness (QED) is 0.427. The molecular formula is C13H27ClN2O2. The molecule has 5 heteroatoms. The number of unbranched alkanes of at least 4 members (excludes halogenated alkanes) is 1. The van der Waals surface area contributed by atoms with Crippen LogP contribution >= 0.6 is 11.6 Å². The van der Waals surface area contributed by atoms with Crippen molar-refractivity contribution in [1.29, 1.82) is 0 Å². The number of ether oxygens (including phenoxy) is 1. The van der Waals surface area contributed by atoms with E-state index in [9.17, 15) is 4.79 Å². The Morgan fingerprint density at radius 1 is 1.11 bits per heavy atom. The monoisotopic (exact) mass is 278 g/mol. The first-order valence-corrected chi connectivity index (χ1v) is 7.12. The highest BCUT2D eigenvalue weighted by molar-refractivity contribution is 6.17. The van der Waals surface area contributed by atoms with Gasteiger partial charge in [-0.1, -0.05) is 0 Å². The third kappa shape index (κ3) is 9.68. The maximum Gasteiger partial charge on any atom is 0.222 e. The first-order chi connectivity index (χ1) is 8.61. The maximum atomic E-state index is 12.0. The molecule has 0 unspecified atom stereocenters. The molecule has 18 heavy (non-hydrogen) atoms. The molecule has 4 nitrogen and oxygen atoms in total. The number of rotatable bonds is 11. The van der Waals surface area contributed by atoms with Crippen LogP contribution in [0.1, 0.15) is 25.7 Å². The number of halogens is 1. The maximum absolute atomic E-state index is 12.0. The minimum Gasteiger partial charge on any atom is -0.383 e. The van der Waals surface area contributed by atoms with E-state index in [2.05, 4.69) is 4.90 Å². The highest BCUT2D eigenvalue weighted by Gasteiger charge is 2.12. The summed E-state index contributed by atoms with van der Waals surface area (Å²) in [6.07, 6.45) is 3.37. The summed E-state index contributed by atoms with van der Waals surface area (Å²) in [5.74, 6) is 0.849. The van der Waals surface area contributed by atoms with Crippen molar-refractivity contribution in [3.05, 3.63) is 0 Å². The summed E-state index contributed by atoms with van der Waals surface area (Å²) in [6, 6.07) is 0. The number of carbonyl (C=O) groups is 1. The lowest BCUT2D eigenvalue weighted by atomic mass is 10.2. The molecule has 0 rings (SSSR count). The summed E-state index contributed by atoms with van der Waals surface area (Å²) in [4.78, 5) is 16.0. The third-order valence-electron chi connectivity index (χ3n) is 2.73. The Kier molecular flexibility index (Phi) is 11.5. The fraction of sp³-hybridized carbons (Fsp3) is 0.923. The molecule has 0 aliphatic carbocycles. The van der Waals surface area contributed by atoms with Crippen LogP contribution in [0.2, 0.25) is 0 Å². The highest BCUT2D eigenvalue weighted by Crippen LogP contribution is 2.03. The molecule has 0 aliphatic heterocycles. The first-order valence-electron chi connectivity index (χ1n) is 6.59. The molecule has 0 saturated carbocycles. The fourth-order valence-corrected chi connectivity index (χ4v) is 1.86. The minimum absolute atomic E-state index is 0.218. The number of methoxy groups -OCH3 is 1. The third-order valence-corrected chi connectivity index (χ3v) is 2.99. The summed E-state index contributed by atoms with van der Waals surface area (Å²) in [5.41, 5.74) is 0. The lowest BCUT2D eigenvalue weighted by Crippen LogP contribution is -2.35. The van der Waals surface area contributed by atoms with Crippen LogP contribution in [0.15, 0.2) is 0 Å². The number of hydrogen-bond donors (Lipinski definition) is 0. The van der Waals surface area contributed by atoms with Gasteiger partial charge in [0.25, 0.3) is 0 Å². The van der Waals surface area contributed by atoms with Crippen LogP contribution in [0.25, 0.3) is 0 Å². The summed E-state index contributed by atoms with van der Waals surface area (Å²) in [6.45, 7) is 3.09. The van der Waals surface area contributed by atoms with Crippen molar-refractivity contribution in [2.24, 2.45) is 0 Å². The fourth-order valence-electron chi connectivity index (χ4n) is 1.67. The van der Waals surface area contributed by atoms with Crippen molar-refractivity contribution in [3.8, 4) is 0 Å². The predicted octanol–water partition coefficient (Wildman–Crippen LogP) is 1.82. The van der Waals surface area contributed by atoms with Crippen LogP contribution in [0, 0.1) is 0 Å². The van der Waals surface area contributed by atoms with E-state index in [-0.39, 0.29) is 5.91 Å². The molecule has 108 valence electrons. The van der Waals surface area contributed by atoms with Gasteiger partial charge in [0.05, 0.1) is 6.61 Å². The Labute approximate surface area is 116 Å². The Hall–Kier alpha value is -0.320. The second-order valence-electron chi connectivity index (χ2n) is 4.68. The smallest absolute Gasteiger partial charge is 0.222 e. The van der Waals surface area contributed by atoms with E-state index in [0.29, 0.717) is 25.5 Å². The summed E-state index contributed by atoms with van der Waals surface area (Å²) in [5, 5.41) is 0. The van der Waals surface area contributed by atoms with Crippen LogP contribution in [0.3, 0.4) is 0 Å². The van der Waals surface area contributed by atoms with Crippen molar-refractivity contribution in [2.45, 2.75) is 25.7 Å². The molecule has 0 spiro atoms. The molecular weight excluding hydrogens is 252 g/mol. The van der Waals surface area contributed by atoms with E-state index in [0.717, 1.165) is 32.4 Å². The van der Waals surface area contributed by atoms with Crippen LogP contribution in [-0.2, 0) is 9.53 Å². The van der Waals surface area contributed by atoms with Gasteiger partial charge in [-0.05, 0) is 39.9 Å². The van der Waals surface area contributed by atoms with E-state index in [1.54, 1.807) is 7.11 Å². The van der Waals surface area contributed by atoms with Gasteiger partial charge >= 0.3 is 0 Å². The van der Waals surface area contributed by atoms with E-state index < -0.39 is 0 Å². The van der Waals surface area contributed by atoms with E-state index >= 15 is 0 Å². The average molecular weight is 279 g/mol. The number of hydrogen-bond acceptors (Lipinski definition) is 3. The number of amides is 1. The van der Waals surface area contributed by atoms with Crippen molar-refractivity contribution in [1.82, 2.24) is 9.80 Å². The minimum atomic E-state index is 0.218. The van der Waals surface area contributed by atoms with Crippen molar-refractivity contribution < 1.29 is 9.53 Å². The molecule has 0 bridgehead atoms. The lowest BCUT2D eigenvalue weighted by molar-refractivity contribution is -0.132. The number of nitrogens with zero attached hydrogens (tertiary/aromatic N) is 2. The Balaban J connectivity index is 3.98. The van der Waals surface area contributed by atoms with Gasteiger partial charge < -0.3 is 14.5 Å². The molecule has 0 aromatic carbocycles. The zero-order valence-corrected chi connectivity index (χ0v) is 12.7. The molecule has 0 radical (unpaired) electrons. The van der Waals surface area contributed by atoms with E-state index in [1.165, 1.54) is 0 Å². The molecule has 0 fully saturated rings. The summed E-state index contributed by atoms with van der Waals surface area (Å²) >= 11 is 5.62. The van der Waals surface area contributed by atoms with Crippen LogP contribution < -0.4 is 0 Å². The molecule has 1 amide bonds. The normalized spacial score (nSPS) is 10.9. The van der Waals surface area contributed by atoms with Gasteiger partial charge in [-0.15, -0.1) is 11.6 Å². The van der Waals surface area contributed by atoms with Gasteiger partial charge in [0.1, 0.15) is 0 Å². The molecule has 0 heterocycles. The zero-order valence-electron chi connectivity index (χ0n) is 12.0. The highest BCUT2D eigenvalue weighted by atomic mass is 35.5. The van der Waals surface area contributed by atoms with Gasteiger partial charge in [-0.25, -0.2) is 0 Å². The Morgan fingerprint density at radius 2 is 1.83 bits per heavy atom. The van der Waals surface area contributed by atoms with E-state index in [4.69, 9.17) is 16.3 Å². The number of alkyl halides is 1. The van der Waals surface area contributed by atoms with Crippen LogP contribution in [-0.4, -0.2) is 69.0 Å². The van der Waals surface area contributed by atoms with Crippen molar-refractivity contribution in [3.63, 3.8) is 0 Å². The summed E-state index contributed by atoms with van der Waals surface area (Å²) < 4.78 is 5.05. The van der Waals surface area contributed by atoms with Gasteiger partial charge in [0.2, 0.25) is 5.91 Å². The van der Waals surface area contributed by atoms with E-state index in [1.807, 2.05) is 19.0 Å². The van der Waals surface area contributed by atoms with Gasteiger partial charge in [-0.2, -0.15) is 0 Å².